The first kappa shape index (κ1) is 21.3. The molecule has 146 valence electrons. The van der Waals surface area contributed by atoms with E-state index in [9.17, 15) is 13.2 Å². The minimum absolute atomic E-state index is 0.305. The molecule has 1 atom stereocenters. The van der Waals surface area contributed by atoms with Gasteiger partial charge in [0, 0.05) is 18.1 Å². The van der Waals surface area contributed by atoms with E-state index < -0.39 is 16.1 Å². The molecule has 0 radical (unpaired) electrons. The van der Waals surface area contributed by atoms with Crippen LogP contribution in [0.4, 0.5) is 5.69 Å². The highest BCUT2D eigenvalue weighted by molar-refractivity contribution is 7.98. The van der Waals surface area contributed by atoms with E-state index in [0.717, 1.165) is 22.1 Å². The second-order valence-electron chi connectivity index (χ2n) is 6.40. The number of hydrogen-bond donors (Lipinski definition) is 1. The van der Waals surface area contributed by atoms with Gasteiger partial charge < -0.3 is 5.32 Å². The number of amides is 1. The largest absolute Gasteiger partial charge is 0.353 e. The Morgan fingerprint density at radius 2 is 1.85 bits per heavy atom. The maximum Gasteiger partial charge on any atom is 0.243 e. The minimum Gasteiger partial charge on any atom is -0.353 e. The number of rotatable bonds is 9. The maximum absolute atomic E-state index is 12.5. The molecule has 0 aromatic heterocycles. The van der Waals surface area contributed by atoms with Crippen LogP contribution in [0.1, 0.15) is 18.1 Å². The quantitative estimate of drug-likeness (QED) is 0.650. The molecule has 0 saturated carbocycles. The lowest BCUT2D eigenvalue weighted by molar-refractivity contribution is -0.121. The number of nitrogens with zero attached hydrogens (tertiary/aromatic N) is 1. The summed E-state index contributed by atoms with van der Waals surface area (Å²) in [6, 6.07) is 16.2. The number of thioether (sulfide) groups is 1. The Hall–Kier alpha value is -1.99. The highest BCUT2D eigenvalue weighted by atomic mass is 32.2. The highest BCUT2D eigenvalue weighted by Crippen LogP contribution is 2.20. The minimum atomic E-state index is -3.57. The fraction of sp³-hybridized carbons (Fsp3) is 0.350. The molecule has 27 heavy (non-hydrogen) atoms. The zero-order valence-corrected chi connectivity index (χ0v) is 17.5. The Morgan fingerprint density at radius 1 is 1.15 bits per heavy atom. The lowest BCUT2D eigenvalue weighted by atomic mass is 10.2. The average Bonchev–Trinajstić information content (AvgIpc) is 2.61. The molecule has 1 N–H and O–H groups in total. The third-order valence-corrected chi connectivity index (χ3v) is 6.27. The molecular weight excluding hydrogens is 380 g/mol. The van der Waals surface area contributed by atoms with Crippen LogP contribution < -0.4 is 9.62 Å². The summed E-state index contributed by atoms with van der Waals surface area (Å²) in [5, 5.41) is 2.84. The summed E-state index contributed by atoms with van der Waals surface area (Å²) in [6.07, 6.45) is 1.11. The molecule has 0 heterocycles. The number of nitrogens with one attached hydrogen (secondary N) is 1. The van der Waals surface area contributed by atoms with Gasteiger partial charge in [0.05, 0.1) is 11.9 Å². The van der Waals surface area contributed by atoms with Gasteiger partial charge in [-0.2, -0.15) is 11.8 Å². The van der Waals surface area contributed by atoms with Crippen LogP contribution in [0.15, 0.2) is 54.6 Å². The van der Waals surface area contributed by atoms with Crippen LogP contribution in [-0.4, -0.2) is 38.9 Å². The van der Waals surface area contributed by atoms with Gasteiger partial charge in [-0.05, 0) is 31.5 Å². The van der Waals surface area contributed by atoms with Gasteiger partial charge in [-0.15, -0.1) is 0 Å². The van der Waals surface area contributed by atoms with E-state index in [2.05, 4.69) is 30.4 Å². The number of sulfonamides is 1. The van der Waals surface area contributed by atoms with E-state index in [4.69, 9.17) is 0 Å². The van der Waals surface area contributed by atoms with Crippen molar-refractivity contribution in [1.29, 1.82) is 0 Å². The monoisotopic (exact) mass is 406 g/mol. The fourth-order valence-electron chi connectivity index (χ4n) is 2.77. The van der Waals surface area contributed by atoms with E-state index in [1.165, 1.54) is 11.1 Å². The molecule has 0 aliphatic carbocycles. The molecule has 7 heteroatoms. The Bertz CT molecular complexity index is 855. The van der Waals surface area contributed by atoms with Crippen molar-refractivity contribution in [2.75, 3.05) is 22.9 Å². The van der Waals surface area contributed by atoms with E-state index in [0.29, 0.717) is 12.2 Å². The normalized spacial score (nSPS) is 12.4. The van der Waals surface area contributed by atoms with Gasteiger partial charge in [0.15, 0.2) is 0 Å². The molecule has 2 aromatic carbocycles. The van der Waals surface area contributed by atoms with Crippen molar-refractivity contribution >= 4 is 33.4 Å². The van der Waals surface area contributed by atoms with Crippen LogP contribution in [0, 0.1) is 6.92 Å². The molecule has 2 aromatic rings. The number of anilines is 1. The predicted octanol–water partition coefficient (Wildman–Crippen LogP) is 3.20. The molecule has 0 aliphatic rings. The van der Waals surface area contributed by atoms with Crippen LogP contribution >= 0.6 is 11.8 Å². The third kappa shape index (κ3) is 6.59. The van der Waals surface area contributed by atoms with Gasteiger partial charge in [-0.3, -0.25) is 9.10 Å². The smallest absolute Gasteiger partial charge is 0.243 e. The summed E-state index contributed by atoms with van der Waals surface area (Å²) < 4.78 is 25.5. The molecule has 0 unspecified atom stereocenters. The fourth-order valence-corrected chi connectivity index (χ4v) is 4.75. The summed E-state index contributed by atoms with van der Waals surface area (Å²) in [4.78, 5) is 12.5. The van der Waals surface area contributed by atoms with Crippen LogP contribution in [-0.2, 0) is 20.6 Å². The summed E-state index contributed by atoms with van der Waals surface area (Å²) in [5.74, 6) is 1.34. The molecule has 5 nitrogen and oxygen atoms in total. The SMILES string of the molecule is Cc1cccc(CSCCNC(=O)[C@H](C)N(c2ccccc2)S(C)(=O)=O)c1. The average molecular weight is 407 g/mol. The summed E-state index contributed by atoms with van der Waals surface area (Å²) in [7, 11) is -3.57. The zero-order valence-electron chi connectivity index (χ0n) is 15.9. The number of aryl methyl sites for hydroxylation is 1. The Balaban J connectivity index is 1.86. The van der Waals surface area contributed by atoms with Gasteiger partial charge in [-0.25, -0.2) is 8.42 Å². The summed E-state index contributed by atoms with van der Waals surface area (Å²) >= 11 is 1.73. The van der Waals surface area contributed by atoms with Crippen molar-refractivity contribution in [3.8, 4) is 0 Å². The van der Waals surface area contributed by atoms with Gasteiger partial charge >= 0.3 is 0 Å². The van der Waals surface area contributed by atoms with E-state index in [1.807, 2.05) is 6.07 Å². The molecule has 0 aliphatic heterocycles. The zero-order chi connectivity index (χ0) is 19.9. The van der Waals surface area contributed by atoms with E-state index in [1.54, 1.807) is 49.0 Å². The number of para-hydroxylation sites is 1. The van der Waals surface area contributed by atoms with Crippen molar-refractivity contribution in [2.24, 2.45) is 0 Å². The molecule has 0 spiro atoms. The molecule has 0 fully saturated rings. The third-order valence-electron chi connectivity index (χ3n) is 4.00. The first-order valence-corrected chi connectivity index (χ1v) is 11.7. The Kier molecular flexibility index (Phi) is 7.74. The molecule has 0 saturated heterocycles. The van der Waals surface area contributed by atoms with Crippen molar-refractivity contribution < 1.29 is 13.2 Å². The lowest BCUT2D eigenvalue weighted by Crippen LogP contribution is -2.48. The van der Waals surface area contributed by atoms with Crippen molar-refractivity contribution in [2.45, 2.75) is 25.6 Å². The van der Waals surface area contributed by atoms with E-state index in [-0.39, 0.29) is 5.91 Å². The van der Waals surface area contributed by atoms with Gasteiger partial charge in [0.25, 0.3) is 0 Å². The summed E-state index contributed by atoms with van der Waals surface area (Å²) in [6.45, 7) is 4.16. The standard InChI is InChI=1S/C20H26N2O3S2/c1-16-8-7-9-18(14-16)15-26-13-12-21-20(23)17(2)22(27(3,24)25)19-10-5-4-6-11-19/h4-11,14,17H,12-13,15H2,1-3H3,(H,21,23)/t17-/m0/s1. The Morgan fingerprint density at radius 3 is 2.48 bits per heavy atom. The van der Waals surface area contributed by atoms with Crippen LogP contribution in [0.2, 0.25) is 0 Å². The molecular formula is C20H26N2O3S2. The predicted molar refractivity (Wildman–Crippen MR) is 114 cm³/mol. The number of benzene rings is 2. The molecule has 0 bridgehead atoms. The Labute approximate surface area is 166 Å². The van der Waals surface area contributed by atoms with Gasteiger partial charge in [0.2, 0.25) is 15.9 Å². The van der Waals surface area contributed by atoms with Crippen molar-refractivity contribution in [3.63, 3.8) is 0 Å². The van der Waals surface area contributed by atoms with Crippen molar-refractivity contribution in [3.05, 3.63) is 65.7 Å². The van der Waals surface area contributed by atoms with Crippen LogP contribution in [0.5, 0.6) is 0 Å². The second-order valence-corrected chi connectivity index (χ2v) is 9.37. The van der Waals surface area contributed by atoms with Crippen LogP contribution in [0.25, 0.3) is 0 Å². The van der Waals surface area contributed by atoms with Crippen molar-refractivity contribution in [1.82, 2.24) is 5.32 Å². The molecule has 1 amide bonds. The highest BCUT2D eigenvalue weighted by Gasteiger charge is 2.28. The van der Waals surface area contributed by atoms with Gasteiger partial charge in [0.1, 0.15) is 6.04 Å². The van der Waals surface area contributed by atoms with Gasteiger partial charge in [-0.1, -0.05) is 48.0 Å². The van der Waals surface area contributed by atoms with E-state index >= 15 is 0 Å². The topological polar surface area (TPSA) is 66.5 Å². The lowest BCUT2D eigenvalue weighted by Gasteiger charge is -2.28. The first-order valence-electron chi connectivity index (χ1n) is 8.74. The number of carbonyl (C=O) groups is 1. The van der Waals surface area contributed by atoms with Crippen LogP contribution in [0.3, 0.4) is 0 Å². The first-order chi connectivity index (χ1) is 12.8. The second kappa shape index (κ2) is 9.80. The molecule has 2 rings (SSSR count). The maximum atomic E-state index is 12.5. The number of carbonyl (C=O) groups excluding carboxylic acids is 1. The number of hydrogen-bond acceptors (Lipinski definition) is 4. The summed E-state index contributed by atoms with van der Waals surface area (Å²) in [5.41, 5.74) is 2.97.